The number of benzene rings is 1. The van der Waals surface area contributed by atoms with Crippen molar-refractivity contribution in [2.24, 2.45) is 11.1 Å². The van der Waals surface area contributed by atoms with Crippen molar-refractivity contribution in [2.45, 2.75) is 32.1 Å². The molecule has 0 unspecified atom stereocenters. The monoisotopic (exact) mass is 255 g/mol. The van der Waals surface area contributed by atoms with E-state index < -0.39 is 9.84 Å². The summed E-state index contributed by atoms with van der Waals surface area (Å²) in [6.07, 6.45) is 0.583. The maximum absolute atomic E-state index is 12.1. The normalized spacial score (nSPS) is 12.7. The Hall–Kier alpha value is -0.870. The van der Waals surface area contributed by atoms with E-state index in [0.717, 1.165) is 5.56 Å². The minimum absolute atomic E-state index is 0.127. The van der Waals surface area contributed by atoms with Crippen LogP contribution in [0.25, 0.3) is 0 Å². The quantitative estimate of drug-likeness (QED) is 0.877. The minimum Gasteiger partial charge on any atom is -0.330 e. The van der Waals surface area contributed by atoms with E-state index in [1.807, 2.05) is 32.9 Å². The molecule has 17 heavy (non-hydrogen) atoms. The minimum atomic E-state index is -3.18. The average molecular weight is 255 g/mol. The van der Waals surface area contributed by atoms with Crippen LogP contribution in [0.3, 0.4) is 0 Å². The lowest BCUT2D eigenvalue weighted by Gasteiger charge is -2.21. The summed E-state index contributed by atoms with van der Waals surface area (Å²) in [5.74, 6) is 0.153. The maximum Gasteiger partial charge on any atom is 0.178 e. The van der Waals surface area contributed by atoms with Crippen LogP contribution in [-0.2, 0) is 9.84 Å². The van der Waals surface area contributed by atoms with Gasteiger partial charge in [-0.25, -0.2) is 8.42 Å². The van der Waals surface area contributed by atoms with Crippen molar-refractivity contribution in [3.05, 3.63) is 29.8 Å². The Morgan fingerprint density at radius 1 is 1.18 bits per heavy atom. The SMILES string of the molecule is Cc1ccc(S(=O)(=O)CCC(C)(C)CN)cc1. The first-order valence-corrected chi connectivity index (χ1v) is 7.42. The van der Waals surface area contributed by atoms with Gasteiger partial charge in [-0.1, -0.05) is 31.5 Å². The Morgan fingerprint density at radius 2 is 1.71 bits per heavy atom. The van der Waals surface area contributed by atoms with Crippen molar-refractivity contribution in [3.63, 3.8) is 0 Å². The van der Waals surface area contributed by atoms with Crippen molar-refractivity contribution in [3.8, 4) is 0 Å². The number of sulfone groups is 1. The molecule has 0 aliphatic rings. The van der Waals surface area contributed by atoms with E-state index in [0.29, 0.717) is 17.9 Å². The number of rotatable bonds is 5. The first-order valence-electron chi connectivity index (χ1n) is 5.76. The molecule has 0 aliphatic heterocycles. The number of aryl methyl sites for hydroxylation is 1. The van der Waals surface area contributed by atoms with Crippen molar-refractivity contribution >= 4 is 9.84 Å². The van der Waals surface area contributed by atoms with Crippen molar-refractivity contribution < 1.29 is 8.42 Å². The van der Waals surface area contributed by atoms with Gasteiger partial charge in [0.2, 0.25) is 0 Å². The molecule has 0 atom stereocenters. The van der Waals surface area contributed by atoms with Gasteiger partial charge in [0.1, 0.15) is 0 Å². The van der Waals surface area contributed by atoms with E-state index in [1.165, 1.54) is 0 Å². The van der Waals surface area contributed by atoms with Gasteiger partial charge < -0.3 is 5.73 Å². The van der Waals surface area contributed by atoms with Crippen LogP contribution in [0.15, 0.2) is 29.2 Å². The summed E-state index contributed by atoms with van der Waals surface area (Å²) in [6, 6.07) is 6.97. The fourth-order valence-electron chi connectivity index (χ4n) is 1.38. The zero-order valence-electron chi connectivity index (χ0n) is 10.7. The van der Waals surface area contributed by atoms with Gasteiger partial charge in [0, 0.05) is 0 Å². The van der Waals surface area contributed by atoms with Crippen LogP contribution in [0.2, 0.25) is 0 Å². The van der Waals surface area contributed by atoms with Crippen molar-refractivity contribution in [2.75, 3.05) is 12.3 Å². The molecule has 0 amide bonds. The van der Waals surface area contributed by atoms with Gasteiger partial charge in [0.25, 0.3) is 0 Å². The molecular formula is C13H21NO2S. The third kappa shape index (κ3) is 4.13. The van der Waals surface area contributed by atoms with Crippen LogP contribution in [0, 0.1) is 12.3 Å². The molecule has 0 radical (unpaired) electrons. The second-order valence-corrected chi connectivity index (χ2v) is 7.36. The van der Waals surface area contributed by atoms with Crippen LogP contribution in [0.5, 0.6) is 0 Å². The molecule has 0 saturated heterocycles. The van der Waals surface area contributed by atoms with Crippen LogP contribution >= 0.6 is 0 Å². The van der Waals surface area contributed by atoms with E-state index in [-0.39, 0.29) is 11.2 Å². The molecule has 0 saturated carbocycles. The van der Waals surface area contributed by atoms with E-state index in [1.54, 1.807) is 12.1 Å². The van der Waals surface area contributed by atoms with Gasteiger partial charge in [0.15, 0.2) is 9.84 Å². The summed E-state index contributed by atoms with van der Waals surface area (Å²) in [7, 11) is -3.18. The third-order valence-electron chi connectivity index (χ3n) is 2.98. The molecule has 1 aromatic carbocycles. The van der Waals surface area contributed by atoms with Crippen LogP contribution in [-0.4, -0.2) is 20.7 Å². The first-order chi connectivity index (χ1) is 7.77. The topological polar surface area (TPSA) is 60.2 Å². The van der Waals surface area contributed by atoms with E-state index in [2.05, 4.69) is 0 Å². The molecule has 1 aromatic rings. The van der Waals surface area contributed by atoms with Gasteiger partial charge in [-0.2, -0.15) is 0 Å². The predicted molar refractivity (Wildman–Crippen MR) is 70.7 cm³/mol. The molecule has 0 fully saturated rings. The predicted octanol–water partition coefficient (Wildman–Crippen LogP) is 2.14. The molecule has 0 aliphatic carbocycles. The Balaban J connectivity index is 2.79. The second-order valence-electron chi connectivity index (χ2n) is 5.25. The standard InChI is InChI=1S/C13H21NO2S/c1-11-4-6-12(7-5-11)17(15,16)9-8-13(2,3)10-14/h4-7H,8-10,14H2,1-3H3. The highest BCUT2D eigenvalue weighted by atomic mass is 32.2. The molecule has 3 nitrogen and oxygen atoms in total. The average Bonchev–Trinajstić information content (AvgIpc) is 2.27. The number of hydrogen-bond acceptors (Lipinski definition) is 3. The molecule has 0 heterocycles. The fraction of sp³-hybridized carbons (Fsp3) is 0.538. The summed E-state index contributed by atoms with van der Waals surface area (Å²) in [5.41, 5.74) is 6.53. The van der Waals surface area contributed by atoms with Crippen LogP contribution in [0.1, 0.15) is 25.8 Å². The zero-order valence-corrected chi connectivity index (χ0v) is 11.5. The molecule has 0 bridgehead atoms. The molecule has 1 rings (SSSR count). The van der Waals surface area contributed by atoms with Gasteiger partial charge in [-0.05, 0) is 37.4 Å². The fourth-order valence-corrected chi connectivity index (χ4v) is 2.98. The zero-order chi connectivity index (χ0) is 13.1. The lowest BCUT2D eigenvalue weighted by atomic mass is 9.91. The van der Waals surface area contributed by atoms with Crippen molar-refractivity contribution in [1.82, 2.24) is 0 Å². The number of hydrogen-bond donors (Lipinski definition) is 1. The van der Waals surface area contributed by atoms with Gasteiger partial charge in [-0.15, -0.1) is 0 Å². The highest BCUT2D eigenvalue weighted by Crippen LogP contribution is 2.22. The Bertz CT molecular complexity index is 461. The Labute approximate surface area is 104 Å². The summed E-state index contributed by atoms with van der Waals surface area (Å²) in [6.45, 7) is 6.40. The highest BCUT2D eigenvalue weighted by molar-refractivity contribution is 7.91. The van der Waals surface area contributed by atoms with Gasteiger partial charge in [-0.3, -0.25) is 0 Å². The Kier molecular flexibility index (Phi) is 4.33. The maximum atomic E-state index is 12.1. The highest BCUT2D eigenvalue weighted by Gasteiger charge is 2.21. The van der Waals surface area contributed by atoms with E-state index in [4.69, 9.17) is 5.73 Å². The third-order valence-corrected chi connectivity index (χ3v) is 4.71. The summed E-state index contributed by atoms with van der Waals surface area (Å²) >= 11 is 0. The van der Waals surface area contributed by atoms with Gasteiger partial charge in [0.05, 0.1) is 10.6 Å². The second kappa shape index (κ2) is 5.19. The van der Waals surface area contributed by atoms with Crippen LogP contribution < -0.4 is 5.73 Å². The molecule has 96 valence electrons. The van der Waals surface area contributed by atoms with Gasteiger partial charge >= 0.3 is 0 Å². The molecular weight excluding hydrogens is 234 g/mol. The van der Waals surface area contributed by atoms with E-state index in [9.17, 15) is 8.42 Å². The summed E-state index contributed by atoms with van der Waals surface area (Å²) < 4.78 is 24.1. The summed E-state index contributed by atoms with van der Waals surface area (Å²) in [5, 5.41) is 0. The lowest BCUT2D eigenvalue weighted by Crippen LogP contribution is -2.26. The van der Waals surface area contributed by atoms with Crippen molar-refractivity contribution in [1.29, 1.82) is 0 Å². The first kappa shape index (κ1) is 14.2. The molecule has 2 N–H and O–H groups in total. The largest absolute Gasteiger partial charge is 0.330 e. The van der Waals surface area contributed by atoms with Crippen LogP contribution in [0.4, 0.5) is 0 Å². The molecule has 0 aromatic heterocycles. The number of nitrogens with two attached hydrogens (primary N) is 1. The Morgan fingerprint density at radius 3 is 2.18 bits per heavy atom. The molecule has 4 heteroatoms. The summed E-state index contributed by atoms with van der Waals surface area (Å²) in [4.78, 5) is 0.399. The van der Waals surface area contributed by atoms with E-state index >= 15 is 0 Å². The lowest BCUT2D eigenvalue weighted by molar-refractivity contribution is 0.365. The molecule has 0 spiro atoms. The smallest absolute Gasteiger partial charge is 0.178 e.